The molecule has 18 rings (SSSR count). The van der Waals surface area contributed by atoms with Crippen molar-refractivity contribution in [3.05, 3.63) is 261 Å². The number of nitrogens with one attached hydrogen (secondary N) is 1. The number of sulfonamides is 2. The van der Waals surface area contributed by atoms with E-state index in [1.165, 1.54) is 110 Å². The van der Waals surface area contributed by atoms with E-state index in [2.05, 4.69) is 130 Å². The van der Waals surface area contributed by atoms with Crippen LogP contribution >= 0.6 is 31.9 Å². The molecule has 6 N–H and O–H groups in total. The average molecular weight is 2190 g/mol. The fraction of sp³-hybridized carbons (Fsp3) is 0.202. The molecule has 0 aliphatic carbocycles. The molecule has 2 aliphatic rings. The van der Waals surface area contributed by atoms with Crippen LogP contribution in [0.5, 0.6) is 40.2 Å². The number of aromatic nitrogens is 14. The van der Waals surface area contributed by atoms with Crippen LogP contribution in [0.15, 0.2) is 208 Å². The zero-order valence-corrected chi connectivity index (χ0v) is 84.6. The predicted molar refractivity (Wildman–Crippen MR) is 529 cm³/mol. The molecule has 2 aliphatic heterocycles. The molecule has 14 aromatic heterocycles. The highest BCUT2D eigenvalue weighted by atomic mass is 79.9. The number of hydrogen-bond donors (Lipinski definition) is 6. The number of benzene rings is 2. The lowest BCUT2D eigenvalue weighted by Crippen LogP contribution is -2.38. The molecular formula is C94H86Br2N16O29S4. The van der Waals surface area contributed by atoms with Crippen LogP contribution in [0.3, 0.4) is 0 Å². The Morgan fingerprint density at radius 3 is 1.01 bits per heavy atom. The van der Waals surface area contributed by atoms with Crippen LogP contribution in [0.2, 0.25) is 0 Å². The highest BCUT2D eigenvalue weighted by Crippen LogP contribution is 2.40. The number of carbonyl (C=O) groups excluding carboxylic acids is 7. The van der Waals surface area contributed by atoms with Gasteiger partial charge in [-0.05, 0) is 194 Å². The van der Waals surface area contributed by atoms with Crippen LogP contribution < -0.4 is 17.4 Å². The van der Waals surface area contributed by atoms with Crippen molar-refractivity contribution in [2.45, 2.75) is 63.2 Å². The zero-order valence-electron chi connectivity index (χ0n) is 78.2. The maximum absolute atomic E-state index is 13.0. The number of hydrogen-bond acceptors (Lipinski definition) is 43. The van der Waals surface area contributed by atoms with Crippen molar-refractivity contribution in [1.82, 2.24) is 74.5 Å². The molecule has 16 heterocycles. The quantitative estimate of drug-likeness (QED) is 0.0255. The average Bonchev–Trinajstić information content (AvgIpc) is 0.585. The summed E-state index contributed by atoms with van der Waals surface area (Å²) in [7, 11) is -6.66. The number of fused-ring (bicyclic) bond motifs is 7. The SMILES string of the molecule is COC(=O)c1nc(Br)c2cccnc2c1O.COC(=O)c1nc(Br)c2cccnc2c1OS(=O)(=O)c1ccc(C)cc1.COC(=O)c1nc(C)c2cccnc2c1O.COC(=O)c1nc(C)c2cccnc2c1O.COC(=O)c1nc(N2CCCCS2(=O)=O)c2cccnc2c1OS(=O)(=O)c1ccc(C)cc1.COC(=O)c1ncc2cccnc2c1O.COC(=O)c1ncc2cccnc2c1O.O=S1(=O)CCCCN1. The Morgan fingerprint density at radius 2 is 0.648 bits per heavy atom. The Balaban J connectivity index is 0.000000162. The van der Waals surface area contributed by atoms with Crippen molar-refractivity contribution >= 4 is 196 Å². The van der Waals surface area contributed by atoms with Gasteiger partial charge in [0, 0.05) is 118 Å². The predicted octanol–water partition coefficient (Wildman–Crippen LogP) is 12.4. The smallest absolute Gasteiger partial charge is 0.360 e. The third-order valence-corrected chi connectivity index (χ3v) is 27.5. The van der Waals surface area contributed by atoms with Crippen molar-refractivity contribution in [2.75, 3.05) is 78.7 Å². The van der Waals surface area contributed by atoms with E-state index in [4.69, 9.17) is 17.8 Å². The van der Waals surface area contributed by atoms with E-state index < -0.39 is 93.5 Å². The van der Waals surface area contributed by atoms with E-state index in [1.54, 1.807) is 142 Å². The van der Waals surface area contributed by atoms with Gasteiger partial charge in [0.1, 0.15) is 57.6 Å². The number of anilines is 1. The van der Waals surface area contributed by atoms with E-state index in [0.717, 1.165) is 35.4 Å². The summed E-state index contributed by atoms with van der Waals surface area (Å²) in [5.41, 5.74) is 3.47. The second-order valence-electron chi connectivity index (χ2n) is 30.0. The Labute approximate surface area is 842 Å². The summed E-state index contributed by atoms with van der Waals surface area (Å²) in [6.45, 7) is 7.93. The lowest BCUT2D eigenvalue weighted by Gasteiger charge is -2.28. The van der Waals surface area contributed by atoms with E-state index in [1.807, 2.05) is 6.92 Å². The third kappa shape index (κ3) is 26.0. The van der Waals surface area contributed by atoms with Gasteiger partial charge in [-0.15, -0.1) is 0 Å². The van der Waals surface area contributed by atoms with Crippen molar-refractivity contribution < 1.29 is 134 Å². The van der Waals surface area contributed by atoms with Gasteiger partial charge < -0.3 is 67.1 Å². The van der Waals surface area contributed by atoms with Gasteiger partial charge in [0.25, 0.3) is 0 Å². The summed E-state index contributed by atoms with van der Waals surface area (Å²) in [4.78, 5) is 137. The highest BCUT2D eigenvalue weighted by molar-refractivity contribution is 9.10. The molecule has 0 radical (unpaired) electrons. The highest BCUT2D eigenvalue weighted by Gasteiger charge is 2.36. The minimum atomic E-state index is -4.37. The first-order chi connectivity index (χ1) is 69.1. The minimum absolute atomic E-state index is 0.0284. The molecule has 0 bridgehead atoms. The van der Waals surface area contributed by atoms with Crippen LogP contribution in [0.25, 0.3) is 76.3 Å². The first-order valence-corrected chi connectivity index (χ1v) is 49.9. The van der Waals surface area contributed by atoms with Crippen molar-refractivity contribution in [2.24, 2.45) is 0 Å². The van der Waals surface area contributed by atoms with Crippen LogP contribution in [0.4, 0.5) is 5.82 Å². The monoisotopic (exact) mass is 2190 g/mol. The summed E-state index contributed by atoms with van der Waals surface area (Å²) < 4.78 is 145. The topological polar surface area (TPSA) is 636 Å². The van der Waals surface area contributed by atoms with Gasteiger partial charge in [0.05, 0.1) is 61.3 Å². The van der Waals surface area contributed by atoms with Gasteiger partial charge in [-0.3, -0.25) is 39.2 Å². The number of rotatable bonds is 14. The molecule has 51 heteroatoms. The lowest BCUT2D eigenvalue weighted by molar-refractivity contribution is 0.0581. The molecule has 16 aromatic rings. The second kappa shape index (κ2) is 48.5. The number of carbonyl (C=O) groups is 7. The summed E-state index contributed by atoms with van der Waals surface area (Å²) >= 11 is 6.46. The Hall–Kier alpha value is -16.2. The number of aryl methyl sites for hydroxylation is 4. The van der Waals surface area contributed by atoms with Gasteiger partial charge in [0.15, 0.2) is 74.4 Å². The van der Waals surface area contributed by atoms with Crippen molar-refractivity contribution in [3.63, 3.8) is 0 Å². The van der Waals surface area contributed by atoms with Crippen LogP contribution in [0.1, 0.15) is 122 Å². The van der Waals surface area contributed by atoms with E-state index in [9.17, 15) is 92.8 Å². The zero-order chi connectivity index (χ0) is 106. The lowest BCUT2D eigenvalue weighted by atomic mass is 10.1. The summed E-state index contributed by atoms with van der Waals surface area (Å²) in [5, 5.41) is 53.1. The number of esters is 7. The van der Waals surface area contributed by atoms with Gasteiger partial charge in [-0.2, -0.15) is 16.8 Å². The molecular weight excluding hydrogens is 2110 g/mol. The molecule has 2 aromatic carbocycles. The largest absolute Gasteiger partial charge is 0.504 e. The molecule has 0 atom stereocenters. The standard InChI is InChI=1S/C21H21N3O7S2.C17H13BrN2O5S.2C11H10N2O3.C10H7BrN2O3.2C10H8N2O3.C4H9NO2S/c1-14-7-9-15(10-8-14)33(28,29)31-19-17-16(6-5-11-22-17)20(23-18(19)21(25)30-2)24-12-3-4-13-32(24,26)27;1-10-5-7-11(8-6-10)26(22,23)25-15-13-12(4-3-9-19-13)16(18)20-14(15)17(21)24-2;2*1-6-7-4-3-5-12-8(7)10(14)9(13-6)11(15)16-2;1-16-10(15)7-8(14)6-5(9(11)13-7)3-2-4-12-6;2*1-15-10(14)8-9(13)7-6(5-12-8)3-2-4-11-7;6-8(7)4-2-1-3-5-8/h5-11H,3-4,12-13H2,1-2H3;3-9H,1-2H3;2*3-5,14H,1-2H3;2-4,14H,1H3;2*2-5,13H,1H3;5H,1-4H2. The molecule has 0 saturated carbocycles. The van der Waals surface area contributed by atoms with Gasteiger partial charge in [-0.1, -0.05) is 35.4 Å². The number of aromatic hydroxyl groups is 5. The number of ether oxygens (including phenoxy) is 7. The number of pyridine rings is 14. The summed E-state index contributed by atoms with van der Waals surface area (Å²) in [6.07, 6.45) is 16.4. The van der Waals surface area contributed by atoms with Crippen LogP contribution in [0, 0.1) is 27.7 Å². The first-order valence-electron chi connectivity index (χ1n) is 42.3. The second-order valence-corrected chi connectivity index (χ2v) is 38.6. The van der Waals surface area contributed by atoms with Crippen molar-refractivity contribution in [3.8, 4) is 40.2 Å². The molecule has 45 nitrogen and oxygen atoms in total. The molecule has 2 fully saturated rings. The number of halogens is 2. The fourth-order valence-electron chi connectivity index (χ4n) is 13.4. The minimum Gasteiger partial charge on any atom is -0.504 e. The maximum Gasteiger partial charge on any atom is 0.360 e. The molecule has 0 spiro atoms. The number of nitrogens with zero attached hydrogens (tertiary/aromatic N) is 15. The Kier molecular flexibility index (Phi) is 36.5. The summed E-state index contributed by atoms with van der Waals surface area (Å²) in [5.74, 6) is -7.00. The Bertz CT molecular complexity index is 7810. The van der Waals surface area contributed by atoms with Crippen molar-refractivity contribution in [1.29, 1.82) is 0 Å². The first kappa shape index (κ1) is 109. The van der Waals surface area contributed by atoms with Gasteiger partial charge in [-0.25, -0.2) is 90.0 Å². The maximum atomic E-state index is 13.0. The normalized spacial score (nSPS) is 12.7. The van der Waals surface area contributed by atoms with Crippen LogP contribution in [-0.4, -0.2) is 245 Å². The third-order valence-electron chi connectivity index (χ3n) is 20.6. The molecule has 0 amide bonds. The molecule has 754 valence electrons. The van der Waals surface area contributed by atoms with Gasteiger partial charge in [0.2, 0.25) is 31.5 Å². The van der Waals surface area contributed by atoms with E-state index in [-0.39, 0.29) is 113 Å². The Morgan fingerprint density at radius 1 is 0.345 bits per heavy atom. The van der Waals surface area contributed by atoms with E-state index in [0.29, 0.717) is 106 Å². The van der Waals surface area contributed by atoms with Crippen LogP contribution in [-0.2, 0) is 73.4 Å². The summed E-state index contributed by atoms with van der Waals surface area (Å²) in [6, 6.07) is 36.0. The van der Waals surface area contributed by atoms with E-state index >= 15 is 0 Å². The number of methoxy groups -OCH3 is 7. The molecule has 145 heavy (non-hydrogen) atoms. The molecule has 2 saturated heterocycles. The molecule has 0 unspecified atom stereocenters. The fourth-order valence-corrected chi connectivity index (χ4v) is 19.0. The van der Waals surface area contributed by atoms with Gasteiger partial charge >= 0.3 is 62.0 Å².